The van der Waals surface area contributed by atoms with E-state index in [2.05, 4.69) is 49.6 Å². The number of hydrogen-bond donors (Lipinski definition) is 2. The number of carboxylic acids is 1. The van der Waals surface area contributed by atoms with Crippen molar-refractivity contribution >= 4 is 34.2 Å². The lowest BCUT2D eigenvalue weighted by molar-refractivity contribution is -0.136. The van der Waals surface area contributed by atoms with E-state index in [1.807, 2.05) is 24.3 Å². The van der Waals surface area contributed by atoms with E-state index in [-0.39, 0.29) is 6.42 Å². The van der Waals surface area contributed by atoms with Gasteiger partial charge < -0.3 is 19.7 Å². The van der Waals surface area contributed by atoms with E-state index in [9.17, 15) is 9.90 Å². The van der Waals surface area contributed by atoms with E-state index in [1.54, 1.807) is 20.8 Å². The van der Waals surface area contributed by atoms with Crippen LogP contribution in [-0.2, 0) is 17.8 Å². The van der Waals surface area contributed by atoms with Crippen molar-refractivity contribution in [2.75, 3.05) is 18.5 Å². The monoisotopic (exact) mass is 484 g/mol. The van der Waals surface area contributed by atoms with Gasteiger partial charge in [0.25, 0.3) is 0 Å². The summed E-state index contributed by atoms with van der Waals surface area (Å²) >= 11 is 6.09. The van der Waals surface area contributed by atoms with Gasteiger partial charge in [-0.05, 0) is 81.5 Å². The molecule has 0 saturated heterocycles. The van der Waals surface area contributed by atoms with Crippen LogP contribution in [0.25, 0.3) is 22.0 Å². The van der Waals surface area contributed by atoms with E-state index >= 15 is 0 Å². The molecule has 2 aromatic carbocycles. The zero-order valence-electron chi connectivity index (χ0n) is 21.2. The van der Waals surface area contributed by atoms with Crippen molar-refractivity contribution in [1.29, 1.82) is 0 Å². The van der Waals surface area contributed by atoms with Crippen molar-refractivity contribution in [1.82, 2.24) is 4.57 Å². The number of nitrogens with zero attached hydrogens (tertiary/aromatic N) is 2. The fraction of sp³-hybridized carbons (Fsp3) is 0.393. The molecule has 1 aliphatic rings. The third-order valence-electron chi connectivity index (χ3n) is 5.63. The molecule has 184 valence electrons. The summed E-state index contributed by atoms with van der Waals surface area (Å²) in [5.74, 6) is -0.813. The van der Waals surface area contributed by atoms with Crippen LogP contribution in [0.4, 0.5) is 5.69 Å². The van der Waals surface area contributed by atoms with Crippen LogP contribution in [0, 0.1) is 13.8 Å². The van der Waals surface area contributed by atoms with Crippen molar-refractivity contribution in [3.8, 4) is 11.1 Å². The van der Waals surface area contributed by atoms with E-state index in [1.165, 1.54) is 11.2 Å². The van der Waals surface area contributed by atoms with Crippen LogP contribution in [0.2, 0.25) is 5.02 Å². The largest absolute Gasteiger partial charge is 0.481 e. The first-order valence-electron chi connectivity index (χ1n) is 11.4. The second-order valence-corrected chi connectivity index (χ2v) is 9.99. The Balaban J connectivity index is 0.000000520. The lowest BCUT2D eigenvalue weighted by atomic mass is 9.89. The summed E-state index contributed by atoms with van der Waals surface area (Å²) in [6.45, 7) is 17.4. The van der Waals surface area contributed by atoms with E-state index in [0.29, 0.717) is 5.02 Å². The number of rotatable bonds is 3. The number of aliphatic hydroxyl groups is 1. The minimum absolute atomic E-state index is 0.00476. The Morgan fingerprint density at radius 2 is 1.68 bits per heavy atom. The summed E-state index contributed by atoms with van der Waals surface area (Å²) in [5, 5.41) is 19.9. The fourth-order valence-corrected chi connectivity index (χ4v) is 4.57. The van der Waals surface area contributed by atoms with Gasteiger partial charge in [0.15, 0.2) is 0 Å². The van der Waals surface area contributed by atoms with Crippen molar-refractivity contribution < 1.29 is 15.0 Å². The van der Waals surface area contributed by atoms with Crippen LogP contribution in [0.3, 0.4) is 0 Å². The van der Waals surface area contributed by atoms with Gasteiger partial charge in [-0.15, -0.1) is 13.2 Å². The Hall–Kier alpha value is -2.76. The second kappa shape index (κ2) is 11.1. The average Bonchev–Trinajstić information content (AvgIpc) is 2.94. The number of anilines is 1. The summed E-state index contributed by atoms with van der Waals surface area (Å²) in [5.41, 5.74) is 7.05. The van der Waals surface area contributed by atoms with Gasteiger partial charge in [0.05, 0.1) is 23.2 Å². The minimum Gasteiger partial charge on any atom is -0.481 e. The van der Waals surface area contributed by atoms with Crippen LogP contribution in [-0.4, -0.2) is 39.9 Å². The number of hydrogen-bond acceptors (Lipinski definition) is 3. The molecule has 1 aromatic heterocycles. The number of aryl methyl sites for hydroxylation is 2. The molecule has 0 aliphatic carbocycles. The van der Waals surface area contributed by atoms with Crippen LogP contribution in [0.1, 0.15) is 44.0 Å². The van der Waals surface area contributed by atoms with Gasteiger partial charge >= 0.3 is 5.97 Å². The Kier molecular flexibility index (Phi) is 8.98. The van der Waals surface area contributed by atoms with Crippen molar-refractivity contribution in [3.63, 3.8) is 0 Å². The molecule has 2 N–H and O–H groups in total. The number of carboxylic acid groups (broad SMARTS) is 1. The van der Waals surface area contributed by atoms with Gasteiger partial charge in [-0.25, -0.2) is 0 Å². The molecule has 0 unspecified atom stereocenters. The lowest BCUT2D eigenvalue weighted by Gasteiger charge is -2.24. The number of aromatic nitrogens is 1. The summed E-state index contributed by atoms with van der Waals surface area (Å²) in [7, 11) is 2.10. The summed E-state index contributed by atoms with van der Waals surface area (Å²) in [4.78, 5) is 14.0. The highest BCUT2D eigenvalue weighted by molar-refractivity contribution is 6.30. The molecule has 34 heavy (non-hydrogen) atoms. The maximum absolute atomic E-state index is 11.7. The molecule has 0 atom stereocenters. The number of aliphatic carboxylic acids is 1. The van der Waals surface area contributed by atoms with Gasteiger partial charge in [0, 0.05) is 36.2 Å². The number of benzene rings is 2. The SMILES string of the molecule is C=C.CC(C)(C)O.Cc1c(CC(=O)O)c(-c2ccc(Cl)cc2)c2cc(C)n3c2c1N(C)CCC3. The van der Waals surface area contributed by atoms with Crippen molar-refractivity contribution in [2.24, 2.45) is 0 Å². The molecule has 1 aliphatic heterocycles. The highest BCUT2D eigenvalue weighted by Gasteiger charge is 2.26. The summed E-state index contributed by atoms with van der Waals surface area (Å²) in [6.07, 6.45) is 1.07. The second-order valence-electron chi connectivity index (χ2n) is 9.55. The van der Waals surface area contributed by atoms with Crippen molar-refractivity contribution in [2.45, 2.75) is 59.6 Å². The zero-order valence-corrected chi connectivity index (χ0v) is 22.0. The summed E-state index contributed by atoms with van der Waals surface area (Å²) < 4.78 is 2.38. The first-order chi connectivity index (χ1) is 15.9. The molecule has 0 amide bonds. The molecule has 4 rings (SSSR count). The molecule has 0 saturated carbocycles. The highest BCUT2D eigenvalue weighted by Crippen LogP contribution is 2.44. The third kappa shape index (κ3) is 6.22. The van der Waals surface area contributed by atoms with Crippen LogP contribution in [0.15, 0.2) is 43.5 Å². The van der Waals surface area contributed by atoms with Gasteiger partial charge in [-0.1, -0.05) is 23.7 Å². The summed E-state index contributed by atoms with van der Waals surface area (Å²) in [6, 6.07) is 9.90. The maximum atomic E-state index is 11.7. The average molecular weight is 485 g/mol. The Morgan fingerprint density at radius 1 is 1.12 bits per heavy atom. The van der Waals surface area contributed by atoms with Gasteiger partial charge in [0.1, 0.15) is 0 Å². The van der Waals surface area contributed by atoms with Crippen LogP contribution in [0.5, 0.6) is 0 Å². The van der Waals surface area contributed by atoms with E-state index < -0.39 is 11.6 Å². The minimum atomic E-state index is -0.813. The first-order valence-corrected chi connectivity index (χ1v) is 11.8. The zero-order chi connectivity index (χ0) is 25.8. The van der Waals surface area contributed by atoms with E-state index in [0.717, 1.165) is 52.8 Å². The molecule has 6 heteroatoms. The Labute approximate surface area is 208 Å². The van der Waals surface area contributed by atoms with Crippen LogP contribution >= 0.6 is 11.6 Å². The predicted octanol–water partition coefficient (Wildman–Crippen LogP) is 6.62. The Morgan fingerprint density at radius 3 is 2.21 bits per heavy atom. The molecule has 0 spiro atoms. The standard InChI is InChI=1S/C22H23ClN2O2.C4H10O.C2H4/c1-13-11-18-20(15-5-7-16(23)8-6-15)17(12-19(26)27)14(2)21-22(18)25(13)10-4-9-24(21)3;1-4(2,3)5;1-2/h5-8,11H,4,9-10,12H2,1-3H3,(H,26,27);5H,1-3H3;1-2H2. The maximum Gasteiger partial charge on any atom is 0.307 e. The molecule has 5 nitrogen and oxygen atoms in total. The molecule has 3 aromatic rings. The smallest absolute Gasteiger partial charge is 0.307 e. The molecule has 0 radical (unpaired) electrons. The first kappa shape index (κ1) is 27.5. The molecule has 0 fully saturated rings. The molecule has 0 bridgehead atoms. The number of carbonyl (C=O) groups is 1. The molecule has 2 heterocycles. The van der Waals surface area contributed by atoms with Gasteiger partial charge in [-0.3, -0.25) is 4.79 Å². The molecular weight excluding hydrogens is 448 g/mol. The predicted molar refractivity (Wildman–Crippen MR) is 144 cm³/mol. The fourth-order valence-electron chi connectivity index (χ4n) is 4.44. The van der Waals surface area contributed by atoms with Gasteiger partial charge in [-0.2, -0.15) is 0 Å². The lowest BCUT2D eigenvalue weighted by Crippen LogP contribution is -2.20. The third-order valence-corrected chi connectivity index (χ3v) is 5.88. The quantitative estimate of drug-likeness (QED) is 0.410. The topological polar surface area (TPSA) is 65.7 Å². The normalized spacial score (nSPS) is 12.9. The Bertz CT molecular complexity index is 1150. The van der Waals surface area contributed by atoms with Gasteiger partial charge in [0.2, 0.25) is 0 Å². The number of halogens is 1. The highest BCUT2D eigenvalue weighted by atomic mass is 35.5. The van der Waals surface area contributed by atoms with Crippen LogP contribution < -0.4 is 4.90 Å². The van der Waals surface area contributed by atoms with E-state index in [4.69, 9.17) is 16.7 Å². The van der Waals surface area contributed by atoms with Crippen molar-refractivity contribution in [3.05, 3.63) is 65.3 Å². The molecular formula is C28H37ClN2O3.